The standard InChI is InChI=1S/C22H17BrFIN2O3/c1-29-21-11-15(7-8-19(21)25)22(28)27-26-12-14-6-9-20(17(23)10-14)30-13-16-4-2-3-5-18(16)24/h2-12H,13H2,1H3,(H,27,28)/b26-12-. The van der Waals surface area contributed by atoms with Crippen molar-refractivity contribution in [1.29, 1.82) is 0 Å². The van der Waals surface area contributed by atoms with Gasteiger partial charge in [-0.25, -0.2) is 9.82 Å². The number of hydrogen-bond acceptors (Lipinski definition) is 4. The van der Waals surface area contributed by atoms with Crippen LogP contribution < -0.4 is 14.9 Å². The summed E-state index contributed by atoms with van der Waals surface area (Å²) in [5.41, 5.74) is 4.16. The Morgan fingerprint density at radius 1 is 1.17 bits per heavy atom. The van der Waals surface area contributed by atoms with Crippen LogP contribution in [0, 0.1) is 9.39 Å². The lowest BCUT2D eigenvalue weighted by Gasteiger charge is -2.09. The van der Waals surface area contributed by atoms with Crippen molar-refractivity contribution in [3.05, 3.63) is 91.2 Å². The minimum Gasteiger partial charge on any atom is -0.496 e. The molecule has 3 aromatic rings. The number of nitrogens with zero attached hydrogens (tertiary/aromatic N) is 1. The van der Waals surface area contributed by atoms with Gasteiger partial charge in [-0.15, -0.1) is 0 Å². The Labute approximate surface area is 195 Å². The van der Waals surface area contributed by atoms with Gasteiger partial charge in [0.1, 0.15) is 23.9 Å². The van der Waals surface area contributed by atoms with Crippen LogP contribution in [-0.2, 0) is 6.61 Å². The molecule has 3 aromatic carbocycles. The Hall–Kier alpha value is -2.46. The van der Waals surface area contributed by atoms with Gasteiger partial charge in [0.15, 0.2) is 0 Å². The highest BCUT2D eigenvalue weighted by atomic mass is 127. The molecule has 0 unspecified atom stereocenters. The number of hydrogen-bond donors (Lipinski definition) is 1. The molecule has 0 aliphatic heterocycles. The van der Waals surface area contributed by atoms with Gasteiger partial charge in [-0.3, -0.25) is 4.79 Å². The fourth-order valence-electron chi connectivity index (χ4n) is 2.52. The number of amides is 1. The van der Waals surface area contributed by atoms with Gasteiger partial charge in [0, 0.05) is 11.1 Å². The predicted octanol–water partition coefficient (Wildman–Crippen LogP) is 5.54. The molecule has 0 spiro atoms. The van der Waals surface area contributed by atoms with E-state index in [9.17, 15) is 9.18 Å². The maximum atomic E-state index is 13.7. The van der Waals surface area contributed by atoms with Crippen LogP contribution >= 0.6 is 38.5 Å². The number of ether oxygens (including phenoxy) is 2. The normalized spacial score (nSPS) is 10.8. The molecular weight excluding hydrogens is 566 g/mol. The van der Waals surface area contributed by atoms with Gasteiger partial charge in [-0.2, -0.15) is 5.10 Å². The molecule has 0 fully saturated rings. The van der Waals surface area contributed by atoms with Crippen LogP contribution in [0.25, 0.3) is 0 Å². The number of methoxy groups -OCH3 is 1. The van der Waals surface area contributed by atoms with Crippen molar-refractivity contribution in [2.24, 2.45) is 5.10 Å². The molecule has 0 atom stereocenters. The Morgan fingerprint density at radius 3 is 2.70 bits per heavy atom. The number of rotatable bonds is 7. The van der Waals surface area contributed by atoms with Gasteiger partial charge in [0.2, 0.25) is 0 Å². The first-order chi connectivity index (χ1) is 14.5. The lowest BCUT2D eigenvalue weighted by molar-refractivity contribution is 0.0954. The Balaban J connectivity index is 1.60. The van der Waals surface area contributed by atoms with E-state index in [1.807, 2.05) is 0 Å². The topological polar surface area (TPSA) is 59.9 Å². The number of halogens is 3. The Kier molecular flexibility index (Phi) is 7.81. The second-order valence-corrected chi connectivity index (χ2v) is 8.13. The molecule has 5 nitrogen and oxygen atoms in total. The van der Waals surface area contributed by atoms with E-state index in [0.29, 0.717) is 27.1 Å². The molecule has 0 saturated carbocycles. The predicted molar refractivity (Wildman–Crippen MR) is 126 cm³/mol. The first-order valence-electron chi connectivity index (χ1n) is 8.80. The van der Waals surface area contributed by atoms with E-state index in [-0.39, 0.29) is 18.3 Å². The minimum atomic E-state index is -0.343. The first kappa shape index (κ1) is 22.2. The van der Waals surface area contributed by atoms with Crippen LogP contribution in [0.3, 0.4) is 0 Å². The molecule has 0 bridgehead atoms. The Bertz CT molecular complexity index is 1090. The third kappa shape index (κ3) is 5.79. The molecule has 0 heterocycles. The largest absolute Gasteiger partial charge is 0.496 e. The molecule has 0 saturated heterocycles. The molecule has 0 aliphatic rings. The smallest absolute Gasteiger partial charge is 0.271 e. The minimum absolute atomic E-state index is 0.119. The van der Waals surface area contributed by atoms with Crippen molar-refractivity contribution in [2.45, 2.75) is 6.61 Å². The fourth-order valence-corrected chi connectivity index (χ4v) is 3.58. The van der Waals surface area contributed by atoms with Gasteiger partial charge >= 0.3 is 0 Å². The van der Waals surface area contributed by atoms with Crippen molar-refractivity contribution in [1.82, 2.24) is 5.43 Å². The van der Waals surface area contributed by atoms with Gasteiger partial charge in [-0.1, -0.05) is 18.2 Å². The van der Waals surface area contributed by atoms with E-state index >= 15 is 0 Å². The van der Waals surface area contributed by atoms with Crippen LogP contribution in [-0.4, -0.2) is 19.2 Å². The summed E-state index contributed by atoms with van der Waals surface area (Å²) in [6.07, 6.45) is 1.52. The third-order valence-electron chi connectivity index (χ3n) is 4.09. The average molecular weight is 583 g/mol. The zero-order chi connectivity index (χ0) is 21.5. The summed E-state index contributed by atoms with van der Waals surface area (Å²) in [6.45, 7) is 0.119. The number of carbonyl (C=O) groups excluding carboxylic acids is 1. The summed E-state index contributed by atoms with van der Waals surface area (Å²) in [4.78, 5) is 12.2. The highest BCUT2D eigenvalue weighted by Gasteiger charge is 2.09. The summed E-state index contributed by atoms with van der Waals surface area (Å²) in [6, 6.07) is 17.0. The zero-order valence-electron chi connectivity index (χ0n) is 15.9. The lowest BCUT2D eigenvalue weighted by atomic mass is 10.2. The molecular formula is C22H17BrFIN2O3. The van der Waals surface area contributed by atoms with E-state index < -0.39 is 0 Å². The SMILES string of the molecule is COc1cc(C(=O)N/N=C\c2ccc(OCc3ccccc3F)c(Br)c2)ccc1I. The zero-order valence-corrected chi connectivity index (χ0v) is 19.6. The van der Waals surface area contributed by atoms with Crippen LogP contribution in [0.5, 0.6) is 11.5 Å². The van der Waals surface area contributed by atoms with Gasteiger partial charge < -0.3 is 9.47 Å². The molecule has 1 amide bonds. The molecule has 0 aromatic heterocycles. The van der Waals surface area contributed by atoms with Crippen molar-refractivity contribution in [2.75, 3.05) is 7.11 Å². The summed E-state index contributed by atoms with van der Waals surface area (Å²) in [5, 5.41) is 3.99. The van der Waals surface area contributed by atoms with E-state index in [0.717, 1.165) is 9.13 Å². The second kappa shape index (κ2) is 10.5. The number of nitrogens with one attached hydrogen (secondary N) is 1. The van der Waals surface area contributed by atoms with Crippen LogP contribution in [0.1, 0.15) is 21.5 Å². The molecule has 0 radical (unpaired) electrons. The summed E-state index contributed by atoms with van der Waals surface area (Å²) < 4.78 is 26.2. The van der Waals surface area contributed by atoms with E-state index in [4.69, 9.17) is 9.47 Å². The molecule has 3 rings (SSSR count). The van der Waals surface area contributed by atoms with Gasteiger partial charge in [-0.05, 0) is 86.5 Å². The molecule has 154 valence electrons. The van der Waals surface area contributed by atoms with E-state index in [1.165, 1.54) is 12.3 Å². The van der Waals surface area contributed by atoms with Gasteiger partial charge in [0.05, 0.1) is 21.4 Å². The highest BCUT2D eigenvalue weighted by Crippen LogP contribution is 2.27. The van der Waals surface area contributed by atoms with Crippen LogP contribution in [0.4, 0.5) is 4.39 Å². The van der Waals surface area contributed by atoms with E-state index in [2.05, 4.69) is 49.0 Å². The summed E-state index contributed by atoms with van der Waals surface area (Å²) in [7, 11) is 1.55. The summed E-state index contributed by atoms with van der Waals surface area (Å²) in [5.74, 6) is 0.552. The number of hydrazone groups is 1. The van der Waals surface area contributed by atoms with E-state index in [1.54, 1.807) is 61.7 Å². The second-order valence-electron chi connectivity index (χ2n) is 6.12. The molecule has 0 aliphatic carbocycles. The molecule has 30 heavy (non-hydrogen) atoms. The van der Waals surface area contributed by atoms with Crippen LogP contribution in [0.2, 0.25) is 0 Å². The van der Waals surface area contributed by atoms with Crippen molar-refractivity contribution in [3.63, 3.8) is 0 Å². The highest BCUT2D eigenvalue weighted by molar-refractivity contribution is 14.1. The Morgan fingerprint density at radius 2 is 1.97 bits per heavy atom. The van der Waals surface area contributed by atoms with Crippen molar-refractivity contribution in [3.8, 4) is 11.5 Å². The summed E-state index contributed by atoms with van der Waals surface area (Å²) >= 11 is 5.57. The van der Waals surface area contributed by atoms with Gasteiger partial charge in [0.25, 0.3) is 5.91 Å². The first-order valence-corrected chi connectivity index (χ1v) is 10.7. The molecule has 1 N–H and O–H groups in total. The number of benzene rings is 3. The molecule has 8 heteroatoms. The van der Waals surface area contributed by atoms with Crippen LogP contribution in [0.15, 0.2) is 70.2 Å². The third-order valence-corrected chi connectivity index (χ3v) is 5.60. The van der Waals surface area contributed by atoms with Crippen molar-refractivity contribution < 1.29 is 18.7 Å². The number of carbonyl (C=O) groups is 1. The van der Waals surface area contributed by atoms with Crippen molar-refractivity contribution >= 4 is 50.6 Å². The quantitative estimate of drug-likeness (QED) is 0.226. The monoisotopic (exact) mass is 582 g/mol. The fraction of sp³-hybridized carbons (Fsp3) is 0.0909. The lowest BCUT2D eigenvalue weighted by Crippen LogP contribution is -2.17. The maximum absolute atomic E-state index is 13.7. The average Bonchev–Trinajstić information content (AvgIpc) is 2.74. The maximum Gasteiger partial charge on any atom is 0.271 e.